The van der Waals surface area contributed by atoms with Gasteiger partial charge in [-0.05, 0) is 30.0 Å². The van der Waals surface area contributed by atoms with Crippen LogP contribution in [0.4, 0.5) is 5.69 Å². The van der Waals surface area contributed by atoms with E-state index in [-0.39, 0.29) is 18.3 Å². The number of aryl methyl sites for hydroxylation is 1. The Morgan fingerprint density at radius 2 is 2.05 bits per heavy atom. The number of fused-ring (bicyclic) bond motifs is 1. The molecule has 0 atom stereocenters. The number of unbranched alkanes of at least 4 members (excludes halogenated alkanes) is 2. The first-order valence-electron chi connectivity index (χ1n) is 6.55. The van der Waals surface area contributed by atoms with Crippen molar-refractivity contribution < 1.29 is 4.79 Å². The molecule has 0 radical (unpaired) electrons. The number of nitrogens with one attached hydrogen (secondary N) is 1. The summed E-state index contributed by atoms with van der Waals surface area (Å²) in [5, 5.41) is 4.15. The number of hydrogen-bond acceptors (Lipinski definition) is 1. The first-order chi connectivity index (χ1) is 8.70. The normalized spacial score (nSPS) is 10.2. The molecule has 0 fully saturated rings. The third-order valence-electron chi connectivity index (χ3n) is 3.18. The highest BCUT2D eigenvalue weighted by molar-refractivity contribution is 5.93. The van der Waals surface area contributed by atoms with E-state index in [9.17, 15) is 4.79 Å². The van der Waals surface area contributed by atoms with Crippen molar-refractivity contribution in [1.82, 2.24) is 4.57 Å². The van der Waals surface area contributed by atoms with Crippen molar-refractivity contribution >= 4 is 34.9 Å². The molecule has 1 aromatic heterocycles. The Hall–Kier alpha value is -1.48. The van der Waals surface area contributed by atoms with Gasteiger partial charge in [0.15, 0.2) is 0 Å². The summed E-state index contributed by atoms with van der Waals surface area (Å²) >= 11 is 0. The fourth-order valence-electron chi connectivity index (χ4n) is 2.10. The summed E-state index contributed by atoms with van der Waals surface area (Å²) in [6, 6.07) is 8.09. The molecule has 0 aliphatic carbocycles. The SMILES string of the molecule is CCCCCC(=O)Nc1ccc2ccn(C)c2c1.Cl. The van der Waals surface area contributed by atoms with Crippen molar-refractivity contribution in [2.75, 3.05) is 5.32 Å². The smallest absolute Gasteiger partial charge is 0.224 e. The summed E-state index contributed by atoms with van der Waals surface area (Å²) in [7, 11) is 2.01. The molecule has 0 bridgehead atoms. The van der Waals surface area contributed by atoms with Crippen LogP contribution in [0, 0.1) is 0 Å². The summed E-state index contributed by atoms with van der Waals surface area (Å²) in [5.41, 5.74) is 2.02. The molecular formula is C15H21ClN2O. The average Bonchev–Trinajstić information content (AvgIpc) is 2.71. The fourth-order valence-corrected chi connectivity index (χ4v) is 2.10. The molecule has 1 N–H and O–H groups in total. The average molecular weight is 281 g/mol. The largest absolute Gasteiger partial charge is 0.350 e. The van der Waals surface area contributed by atoms with Gasteiger partial charge in [-0.2, -0.15) is 0 Å². The van der Waals surface area contributed by atoms with Crippen LogP contribution >= 0.6 is 12.4 Å². The lowest BCUT2D eigenvalue weighted by Gasteiger charge is -2.06. The molecule has 104 valence electrons. The van der Waals surface area contributed by atoms with Crippen molar-refractivity contribution in [3.8, 4) is 0 Å². The number of benzene rings is 1. The molecule has 0 saturated heterocycles. The van der Waals surface area contributed by atoms with Gasteiger partial charge in [0.25, 0.3) is 0 Å². The zero-order valence-electron chi connectivity index (χ0n) is 11.5. The van der Waals surface area contributed by atoms with Gasteiger partial charge in [-0.3, -0.25) is 4.79 Å². The number of rotatable bonds is 5. The van der Waals surface area contributed by atoms with Gasteiger partial charge >= 0.3 is 0 Å². The molecule has 2 rings (SSSR count). The van der Waals surface area contributed by atoms with E-state index >= 15 is 0 Å². The van der Waals surface area contributed by atoms with Crippen LogP contribution in [0.1, 0.15) is 32.6 Å². The lowest BCUT2D eigenvalue weighted by atomic mass is 10.2. The predicted octanol–water partition coefficient (Wildman–Crippen LogP) is 4.12. The van der Waals surface area contributed by atoms with E-state index in [0.717, 1.165) is 30.5 Å². The highest BCUT2D eigenvalue weighted by Gasteiger charge is 2.04. The molecule has 0 aliphatic heterocycles. The van der Waals surface area contributed by atoms with Crippen LogP contribution in [0.25, 0.3) is 10.9 Å². The molecule has 19 heavy (non-hydrogen) atoms. The first kappa shape index (κ1) is 15.6. The van der Waals surface area contributed by atoms with Crippen LogP contribution in [0.2, 0.25) is 0 Å². The van der Waals surface area contributed by atoms with Crippen molar-refractivity contribution in [1.29, 1.82) is 0 Å². The maximum atomic E-state index is 11.7. The summed E-state index contributed by atoms with van der Waals surface area (Å²) in [4.78, 5) is 11.7. The number of carbonyl (C=O) groups is 1. The Labute approximate surface area is 120 Å². The Kier molecular flexibility index (Phi) is 5.90. The number of carbonyl (C=O) groups excluding carboxylic acids is 1. The molecule has 0 saturated carbocycles. The Balaban J connectivity index is 0.00000180. The monoisotopic (exact) mass is 280 g/mol. The Morgan fingerprint density at radius 3 is 2.79 bits per heavy atom. The lowest BCUT2D eigenvalue weighted by Crippen LogP contribution is -2.10. The van der Waals surface area contributed by atoms with Gasteiger partial charge in [0.05, 0.1) is 0 Å². The van der Waals surface area contributed by atoms with Gasteiger partial charge in [-0.25, -0.2) is 0 Å². The minimum atomic E-state index is 0. The molecule has 1 heterocycles. The van der Waals surface area contributed by atoms with Crippen molar-refractivity contribution in [2.24, 2.45) is 7.05 Å². The summed E-state index contributed by atoms with van der Waals surface area (Å²) in [5.74, 6) is 0.108. The highest BCUT2D eigenvalue weighted by atomic mass is 35.5. The van der Waals surface area contributed by atoms with Gasteiger partial charge < -0.3 is 9.88 Å². The van der Waals surface area contributed by atoms with Crippen LogP contribution < -0.4 is 5.32 Å². The second-order valence-electron chi connectivity index (χ2n) is 4.71. The van der Waals surface area contributed by atoms with E-state index in [1.165, 1.54) is 5.39 Å². The third kappa shape index (κ3) is 4.00. The molecule has 3 nitrogen and oxygen atoms in total. The van der Waals surface area contributed by atoms with Gasteiger partial charge in [0.2, 0.25) is 5.91 Å². The topological polar surface area (TPSA) is 34.0 Å². The zero-order valence-corrected chi connectivity index (χ0v) is 12.3. The maximum Gasteiger partial charge on any atom is 0.224 e. The fraction of sp³-hybridized carbons (Fsp3) is 0.400. The predicted molar refractivity (Wildman–Crippen MR) is 82.9 cm³/mol. The van der Waals surface area contributed by atoms with E-state index in [1.54, 1.807) is 0 Å². The molecule has 4 heteroatoms. The van der Waals surface area contributed by atoms with Gasteiger partial charge in [-0.1, -0.05) is 25.8 Å². The van der Waals surface area contributed by atoms with Crippen LogP contribution in [0.5, 0.6) is 0 Å². The van der Waals surface area contributed by atoms with E-state index in [0.29, 0.717) is 6.42 Å². The molecule has 1 amide bonds. The number of amides is 1. The minimum Gasteiger partial charge on any atom is -0.350 e. The maximum absolute atomic E-state index is 11.7. The van der Waals surface area contributed by atoms with Crippen molar-refractivity contribution in [3.63, 3.8) is 0 Å². The van der Waals surface area contributed by atoms with E-state index in [4.69, 9.17) is 0 Å². The highest BCUT2D eigenvalue weighted by Crippen LogP contribution is 2.19. The lowest BCUT2D eigenvalue weighted by molar-refractivity contribution is -0.116. The van der Waals surface area contributed by atoms with Gasteiger partial charge in [-0.15, -0.1) is 12.4 Å². The summed E-state index contributed by atoms with van der Waals surface area (Å²) < 4.78 is 2.06. The second-order valence-corrected chi connectivity index (χ2v) is 4.71. The Bertz CT molecular complexity index is 548. The quantitative estimate of drug-likeness (QED) is 0.822. The standard InChI is InChI=1S/C15H20N2O.ClH/c1-3-4-5-6-15(18)16-13-8-7-12-9-10-17(2)14(12)11-13;/h7-11H,3-6H2,1-2H3,(H,16,18);1H. The number of halogens is 1. The summed E-state index contributed by atoms with van der Waals surface area (Å²) in [6.45, 7) is 2.14. The van der Waals surface area contributed by atoms with Gasteiger partial charge in [0, 0.05) is 30.9 Å². The van der Waals surface area contributed by atoms with Crippen LogP contribution in [0.3, 0.4) is 0 Å². The molecule has 0 aliphatic rings. The van der Waals surface area contributed by atoms with Gasteiger partial charge in [0.1, 0.15) is 0 Å². The molecule has 0 spiro atoms. The van der Waals surface area contributed by atoms with E-state index < -0.39 is 0 Å². The van der Waals surface area contributed by atoms with Crippen molar-refractivity contribution in [2.45, 2.75) is 32.6 Å². The molecular weight excluding hydrogens is 260 g/mol. The zero-order chi connectivity index (χ0) is 13.0. The number of nitrogens with zero attached hydrogens (tertiary/aromatic N) is 1. The second kappa shape index (κ2) is 7.19. The first-order valence-corrected chi connectivity index (χ1v) is 6.55. The van der Waals surface area contributed by atoms with E-state index in [2.05, 4.69) is 22.9 Å². The minimum absolute atomic E-state index is 0. The molecule has 0 unspecified atom stereocenters. The van der Waals surface area contributed by atoms with E-state index in [1.807, 2.05) is 31.4 Å². The Morgan fingerprint density at radius 1 is 1.26 bits per heavy atom. The van der Waals surface area contributed by atoms with Crippen molar-refractivity contribution in [3.05, 3.63) is 30.5 Å². The number of aromatic nitrogens is 1. The number of hydrogen-bond donors (Lipinski definition) is 1. The molecule has 2 aromatic rings. The molecule has 1 aromatic carbocycles. The number of anilines is 1. The van der Waals surface area contributed by atoms with Crippen LogP contribution in [0.15, 0.2) is 30.5 Å². The third-order valence-corrected chi connectivity index (χ3v) is 3.18. The van der Waals surface area contributed by atoms with Crippen LogP contribution in [-0.4, -0.2) is 10.5 Å². The summed E-state index contributed by atoms with van der Waals surface area (Å²) in [6.07, 6.45) is 5.86. The van der Waals surface area contributed by atoms with Crippen LogP contribution in [-0.2, 0) is 11.8 Å².